The van der Waals surface area contributed by atoms with E-state index < -0.39 is 5.54 Å². The van der Waals surface area contributed by atoms with E-state index in [1.807, 2.05) is 42.8 Å². The highest BCUT2D eigenvalue weighted by Crippen LogP contribution is 2.38. The highest BCUT2D eigenvalue weighted by atomic mass is 35.5. The summed E-state index contributed by atoms with van der Waals surface area (Å²) in [4.78, 5) is 4.55. The first-order chi connectivity index (χ1) is 12.0. The van der Waals surface area contributed by atoms with Crippen LogP contribution in [0.15, 0.2) is 28.8 Å². The number of nitrogens with two attached hydrogens (primary N) is 1. The van der Waals surface area contributed by atoms with Crippen molar-refractivity contribution in [3.05, 3.63) is 52.1 Å². The molecule has 3 aromatic rings. The van der Waals surface area contributed by atoms with Gasteiger partial charge in [0.05, 0.1) is 23.3 Å². The molecule has 2 aromatic heterocycles. The molecular weight excluding hydrogens is 338 g/mol. The molecule has 2 heterocycles. The second kappa shape index (κ2) is 5.97. The fraction of sp³-hybridized carbons (Fsp3) is 0.389. The molecule has 0 saturated heterocycles. The van der Waals surface area contributed by atoms with Gasteiger partial charge in [0.1, 0.15) is 0 Å². The molecule has 1 saturated carbocycles. The Morgan fingerprint density at radius 3 is 2.60 bits per heavy atom. The van der Waals surface area contributed by atoms with E-state index >= 15 is 0 Å². The second-order valence-corrected chi connectivity index (χ2v) is 7.20. The Hall–Kier alpha value is -2.18. The molecule has 0 amide bonds. The van der Waals surface area contributed by atoms with Crippen molar-refractivity contribution in [3.8, 4) is 11.5 Å². The molecule has 4 rings (SSSR count). The van der Waals surface area contributed by atoms with E-state index in [0.29, 0.717) is 18.3 Å². The smallest absolute Gasteiger partial charge is 0.261 e. The van der Waals surface area contributed by atoms with Gasteiger partial charge >= 0.3 is 0 Å². The van der Waals surface area contributed by atoms with Crippen LogP contribution in [0, 0.1) is 13.8 Å². The van der Waals surface area contributed by atoms with Crippen LogP contribution in [-0.4, -0.2) is 19.9 Å². The van der Waals surface area contributed by atoms with Gasteiger partial charge < -0.3 is 10.3 Å². The third kappa shape index (κ3) is 2.85. The van der Waals surface area contributed by atoms with Crippen molar-refractivity contribution in [3.63, 3.8) is 0 Å². The van der Waals surface area contributed by atoms with E-state index in [1.54, 1.807) is 0 Å². The molecule has 0 radical (unpaired) electrons. The molecule has 1 aliphatic rings. The average Bonchev–Trinajstić information content (AvgIpc) is 3.13. The van der Waals surface area contributed by atoms with Crippen LogP contribution < -0.4 is 5.73 Å². The monoisotopic (exact) mass is 357 g/mol. The molecule has 7 heteroatoms. The molecule has 1 fully saturated rings. The number of aryl methyl sites for hydroxylation is 1. The zero-order valence-corrected chi connectivity index (χ0v) is 15.0. The van der Waals surface area contributed by atoms with Crippen molar-refractivity contribution in [2.75, 3.05) is 0 Å². The number of aromatic nitrogens is 4. The van der Waals surface area contributed by atoms with Crippen LogP contribution in [0.25, 0.3) is 11.5 Å². The van der Waals surface area contributed by atoms with Crippen LogP contribution in [0.3, 0.4) is 0 Å². The van der Waals surface area contributed by atoms with E-state index in [4.69, 9.17) is 21.9 Å². The van der Waals surface area contributed by atoms with Gasteiger partial charge in [0, 0.05) is 10.7 Å². The van der Waals surface area contributed by atoms with Gasteiger partial charge in [-0.2, -0.15) is 10.1 Å². The number of benzene rings is 1. The number of rotatable bonds is 4. The molecule has 2 N–H and O–H groups in total. The maximum atomic E-state index is 6.29. The Morgan fingerprint density at radius 2 is 1.96 bits per heavy atom. The molecule has 0 spiro atoms. The van der Waals surface area contributed by atoms with Gasteiger partial charge in [-0.25, -0.2) is 0 Å². The van der Waals surface area contributed by atoms with E-state index in [9.17, 15) is 0 Å². The highest BCUT2D eigenvalue weighted by Gasteiger charge is 2.39. The van der Waals surface area contributed by atoms with Crippen molar-refractivity contribution in [2.24, 2.45) is 5.73 Å². The summed E-state index contributed by atoms with van der Waals surface area (Å²) in [6.07, 6.45) is 2.91. The summed E-state index contributed by atoms with van der Waals surface area (Å²) in [7, 11) is 0. The molecule has 1 aliphatic carbocycles. The summed E-state index contributed by atoms with van der Waals surface area (Å²) in [5.74, 6) is 1.09. The van der Waals surface area contributed by atoms with Crippen LogP contribution in [0.1, 0.15) is 42.0 Å². The summed E-state index contributed by atoms with van der Waals surface area (Å²) in [6.45, 7) is 4.62. The predicted molar refractivity (Wildman–Crippen MR) is 95.3 cm³/mol. The van der Waals surface area contributed by atoms with Gasteiger partial charge in [-0.05, 0) is 50.8 Å². The molecule has 130 valence electrons. The predicted octanol–water partition coefficient (Wildman–Crippen LogP) is 3.59. The molecule has 1 aromatic carbocycles. The minimum Gasteiger partial charge on any atom is -0.334 e. The third-order valence-electron chi connectivity index (χ3n) is 4.96. The van der Waals surface area contributed by atoms with Gasteiger partial charge in [-0.15, -0.1) is 0 Å². The Morgan fingerprint density at radius 1 is 1.24 bits per heavy atom. The van der Waals surface area contributed by atoms with E-state index in [1.165, 1.54) is 0 Å². The molecular formula is C18H20ClN5O. The van der Waals surface area contributed by atoms with E-state index in [2.05, 4.69) is 15.2 Å². The number of nitrogens with zero attached hydrogens (tertiary/aromatic N) is 4. The van der Waals surface area contributed by atoms with E-state index in [-0.39, 0.29) is 0 Å². The van der Waals surface area contributed by atoms with Crippen molar-refractivity contribution < 1.29 is 4.52 Å². The molecule has 0 bridgehead atoms. The van der Waals surface area contributed by atoms with Crippen LogP contribution in [0.4, 0.5) is 0 Å². The minimum absolute atomic E-state index is 0.428. The fourth-order valence-electron chi connectivity index (χ4n) is 3.23. The zero-order valence-electron chi connectivity index (χ0n) is 14.3. The second-order valence-electron chi connectivity index (χ2n) is 6.76. The molecule has 0 unspecified atom stereocenters. The lowest BCUT2D eigenvalue weighted by atomic mass is 9.77. The quantitative estimate of drug-likeness (QED) is 0.771. The van der Waals surface area contributed by atoms with Gasteiger partial charge in [-0.1, -0.05) is 28.9 Å². The molecule has 0 aliphatic heterocycles. The van der Waals surface area contributed by atoms with Crippen LogP contribution in [0.5, 0.6) is 0 Å². The summed E-state index contributed by atoms with van der Waals surface area (Å²) in [5.41, 5.74) is 9.73. The van der Waals surface area contributed by atoms with Crippen LogP contribution in [-0.2, 0) is 12.1 Å². The lowest BCUT2D eigenvalue weighted by Gasteiger charge is -2.34. The van der Waals surface area contributed by atoms with Crippen molar-refractivity contribution in [1.29, 1.82) is 0 Å². The van der Waals surface area contributed by atoms with Crippen LogP contribution >= 0.6 is 11.6 Å². The number of hydrogen-bond donors (Lipinski definition) is 1. The third-order valence-corrected chi connectivity index (χ3v) is 5.21. The first-order valence-electron chi connectivity index (χ1n) is 8.38. The Bertz CT molecular complexity index is 908. The maximum Gasteiger partial charge on any atom is 0.261 e. The fourth-order valence-corrected chi connectivity index (χ4v) is 3.36. The Labute approximate surface area is 151 Å². The van der Waals surface area contributed by atoms with Crippen molar-refractivity contribution in [1.82, 2.24) is 19.9 Å². The minimum atomic E-state index is -0.428. The molecule has 25 heavy (non-hydrogen) atoms. The standard InChI is InChI=1S/C18H20ClN5O/c1-11-15(16-21-17(23-25-16)18(20)8-3-9-18)12(2)24(22-11)10-13-4-6-14(19)7-5-13/h4-7H,3,8-10,20H2,1-2H3. The maximum absolute atomic E-state index is 6.29. The highest BCUT2D eigenvalue weighted by molar-refractivity contribution is 6.30. The average molecular weight is 358 g/mol. The van der Waals surface area contributed by atoms with Crippen molar-refractivity contribution in [2.45, 2.75) is 45.2 Å². The van der Waals surface area contributed by atoms with Gasteiger partial charge in [0.25, 0.3) is 5.89 Å². The van der Waals surface area contributed by atoms with Crippen molar-refractivity contribution >= 4 is 11.6 Å². The zero-order chi connectivity index (χ0) is 17.6. The lowest BCUT2D eigenvalue weighted by molar-refractivity contribution is 0.229. The lowest BCUT2D eigenvalue weighted by Crippen LogP contribution is -2.44. The van der Waals surface area contributed by atoms with Gasteiger partial charge in [0.2, 0.25) is 0 Å². The number of hydrogen-bond acceptors (Lipinski definition) is 5. The van der Waals surface area contributed by atoms with Gasteiger partial charge in [-0.3, -0.25) is 4.68 Å². The summed E-state index contributed by atoms with van der Waals surface area (Å²) in [6, 6.07) is 7.76. The molecule has 0 atom stereocenters. The largest absolute Gasteiger partial charge is 0.334 e. The van der Waals surface area contributed by atoms with Gasteiger partial charge in [0.15, 0.2) is 5.82 Å². The Balaban J connectivity index is 1.65. The topological polar surface area (TPSA) is 82.8 Å². The Kier molecular flexibility index (Phi) is 3.89. The van der Waals surface area contributed by atoms with Crippen LogP contribution in [0.2, 0.25) is 5.02 Å². The van der Waals surface area contributed by atoms with E-state index in [0.717, 1.165) is 46.8 Å². The first kappa shape index (κ1) is 16.3. The molecule has 6 nitrogen and oxygen atoms in total. The number of halogens is 1. The summed E-state index contributed by atoms with van der Waals surface area (Å²) < 4.78 is 7.45. The summed E-state index contributed by atoms with van der Waals surface area (Å²) in [5, 5.41) is 9.47. The summed E-state index contributed by atoms with van der Waals surface area (Å²) >= 11 is 5.95. The normalized spacial score (nSPS) is 16.0. The SMILES string of the molecule is Cc1nn(Cc2ccc(Cl)cc2)c(C)c1-c1nc(C2(N)CCC2)no1. The first-order valence-corrected chi connectivity index (χ1v) is 8.76.